The molecule has 0 aromatic heterocycles. The molecule has 2 rings (SSSR count). The molecule has 0 aliphatic rings. The zero-order valence-corrected chi connectivity index (χ0v) is 12.7. The molecule has 0 heterocycles. The highest BCUT2D eigenvalue weighted by Gasteiger charge is 2.20. The van der Waals surface area contributed by atoms with Gasteiger partial charge in [0, 0.05) is 11.1 Å². The number of hydrogen-bond donors (Lipinski definition) is 2. The topological polar surface area (TPSA) is 83.8 Å². The van der Waals surface area contributed by atoms with Crippen molar-refractivity contribution in [3.05, 3.63) is 58.7 Å². The van der Waals surface area contributed by atoms with Gasteiger partial charge in [0.05, 0.1) is 18.2 Å². The van der Waals surface area contributed by atoms with E-state index < -0.39 is 0 Å². The highest BCUT2D eigenvalue weighted by Crippen LogP contribution is 2.41. The van der Waals surface area contributed by atoms with Crippen molar-refractivity contribution in [1.29, 1.82) is 0 Å². The van der Waals surface area contributed by atoms with Gasteiger partial charge in [0.15, 0.2) is 12.1 Å². The van der Waals surface area contributed by atoms with Gasteiger partial charge in [0.1, 0.15) is 17.2 Å². The Kier molecular flexibility index (Phi) is 4.81. The maximum Gasteiger partial charge on any atom is 0.185 e. The molecule has 2 aromatic carbocycles. The van der Waals surface area contributed by atoms with Crippen LogP contribution in [0, 0.1) is 6.92 Å². The van der Waals surface area contributed by atoms with Crippen molar-refractivity contribution in [3.63, 3.8) is 0 Å². The maximum atomic E-state index is 12.1. The van der Waals surface area contributed by atoms with E-state index in [2.05, 4.69) is 0 Å². The lowest BCUT2D eigenvalue weighted by molar-refractivity contribution is 0.104. The summed E-state index contributed by atoms with van der Waals surface area (Å²) in [4.78, 5) is 23.3. The lowest BCUT2D eigenvalue weighted by Crippen LogP contribution is -1.98. The molecule has 0 aliphatic carbocycles. The minimum atomic E-state index is -0.346. The van der Waals surface area contributed by atoms with Gasteiger partial charge in [-0.3, -0.25) is 9.59 Å². The predicted molar refractivity (Wildman–Crippen MR) is 86.3 cm³/mol. The summed E-state index contributed by atoms with van der Waals surface area (Å²) < 4.78 is 5.11. The molecule has 0 radical (unpaired) electrons. The highest BCUT2D eigenvalue weighted by atomic mass is 16.5. The summed E-state index contributed by atoms with van der Waals surface area (Å²) >= 11 is 0. The van der Waals surface area contributed by atoms with Crippen LogP contribution in [0.3, 0.4) is 0 Å². The van der Waals surface area contributed by atoms with Crippen LogP contribution in [0.25, 0.3) is 6.08 Å². The number of ether oxygens (including phenoxy) is 1. The standard InChI is InChI=1S/C18H16O5/c1-11-16(21)13(18(23-2)14(10-19)17(11)22)8-9-15(20)12-6-4-3-5-7-12/h3-10,21-22H,1-2H3/b9-8+. The van der Waals surface area contributed by atoms with E-state index in [-0.39, 0.29) is 39.7 Å². The van der Waals surface area contributed by atoms with E-state index in [9.17, 15) is 19.8 Å². The largest absolute Gasteiger partial charge is 0.507 e. The van der Waals surface area contributed by atoms with E-state index in [1.807, 2.05) is 0 Å². The average molecular weight is 312 g/mol. The first-order chi connectivity index (χ1) is 11.0. The molecule has 0 saturated carbocycles. The third-order valence-electron chi connectivity index (χ3n) is 3.49. The van der Waals surface area contributed by atoms with Crippen LogP contribution in [-0.4, -0.2) is 29.4 Å². The summed E-state index contributed by atoms with van der Waals surface area (Å²) in [6.45, 7) is 1.47. The quantitative estimate of drug-likeness (QED) is 0.503. The van der Waals surface area contributed by atoms with Crippen LogP contribution in [-0.2, 0) is 0 Å². The Labute approximate surface area is 133 Å². The second-order valence-electron chi connectivity index (χ2n) is 4.86. The number of aromatic hydroxyl groups is 2. The van der Waals surface area contributed by atoms with Crippen LogP contribution in [0.15, 0.2) is 36.4 Å². The fraction of sp³-hybridized carbons (Fsp3) is 0.111. The monoisotopic (exact) mass is 312 g/mol. The zero-order chi connectivity index (χ0) is 17.0. The Bertz CT molecular complexity index is 776. The smallest absolute Gasteiger partial charge is 0.185 e. The van der Waals surface area contributed by atoms with Gasteiger partial charge in [-0.05, 0) is 19.1 Å². The summed E-state index contributed by atoms with van der Waals surface area (Å²) in [6.07, 6.45) is 3.08. The van der Waals surface area contributed by atoms with Gasteiger partial charge in [-0.1, -0.05) is 30.3 Å². The van der Waals surface area contributed by atoms with Gasteiger partial charge in [-0.25, -0.2) is 0 Å². The van der Waals surface area contributed by atoms with Crippen molar-refractivity contribution in [3.8, 4) is 17.2 Å². The van der Waals surface area contributed by atoms with Gasteiger partial charge in [-0.15, -0.1) is 0 Å². The Morgan fingerprint density at radius 1 is 1.09 bits per heavy atom. The van der Waals surface area contributed by atoms with Crippen molar-refractivity contribution in [1.82, 2.24) is 0 Å². The van der Waals surface area contributed by atoms with Crippen molar-refractivity contribution in [2.24, 2.45) is 0 Å². The van der Waals surface area contributed by atoms with Crippen molar-refractivity contribution < 1.29 is 24.5 Å². The average Bonchev–Trinajstić information content (AvgIpc) is 2.59. The molecule has 0 aliphatic heterocycles. The fourth-order valence-electron chi connectivity index (χ4n) is 2.22. The van der Waals surface area contributed by atoms with E-state index in [0.29, 0.717) is 11.8 Å². The second kappa shape index (κ2) is 6.79. The summed E-state index contributed by atoms with van der Waals surface area (Å²) in [5.41, 5.74) is 0.719. The molecule has 5 heteroatoms. The summed E-state index contributed by atoms with van der Waals surface area (Å²) in [5.74, 6) is -0.842. The van der Waals surface area contributed by atoms with Crippen LogP contribution in [0.2, 0.25) is 0 Å². The first-order valence-electron chi connectivity index (χ1n) is 6.86. The van der Waals surface area contributed by atoms with Crippen LogP contribution < -0.4 is 4.74 Å². The van der Waals surface area contributed by atoms with Gasteiger partial charge < -0.3 is 14.9 Å². The molecule has 0 saturated heterocycles. The summed E-state index contributed by atoms with van der Waals surface area (Å²) in [5, 5.41) is 20.1. The molecule has 23 heavy (non-hydrogen) atoms. The number of phenols is 2. The third kappa shape index (κ3) is 3.08. The summed E-state index contributed by atoms with van der Waals surface area (Å²) in [6, 6.07) is 8.63. The molecular weight excluding hydrogens is 296 g/mol. The molecule has 0 amide bonds. The van der Waals surface area contributed by atoms with E-state index >= 15 is 0 Å². The molecule has 5 nitrogen and oxygen atoms in total. The number of hydrogen-bond acceptors (Lipinski definition) is 5. The van der Waals surface area contributed by atoms with Gasteiger partial charge in [0.2, 0.25) is 0 Å². The van der Waals surface area contributed by atoms with Crippen LogP contribution in [0.4, 0.5) is 0 Å². The number of rotatable bonds is 5. The Morgan fingerprint density at radius 2 is 1.70 bits per heavy atom. The van der Waals surface area contributed by atoms with Crippen LogP contribution in [0.1, 0.15) is 31.8 Å². The molecule has 118 valence electrons. The van der Waals surface area contributed by atoms with E-state index in [0.717, 1.165) is 0 Å². The van der Waals surface area contributed by atoms with Crippen LogP contribution >= 0.6 is 0 Å². The number of methoxy groups -OCH3 is 1. The number of carbonyl (C=O) groups is 2. The molecule has 2 aromatic rings. The molecule has 0 spiro atoms. The van der Waals surface area contributed by atoms with E-state index in [4.69, 9.17) is 4.74 Å². The number of aldehydes is 1. The second-order valence-corrected chi connectivity index (χ2v) is 4.86. The molecular formula is C18H16O5. The SMILES string of the molecule is COc1c(C=O)c(O)c(C)c(O)c1/C=C/C(=O)c1ccccc1. The number of carbonyl (C=O) groups excluding carboxylic acids is 2. The maximum absolute atomic E-state index is 12.1. The lowest BCUT2D eigenvalue weighted by Gasteiger charge is -2.14. The van der Waals surface area contributed by atoms with Gasteiger partial charge in [-0.2, -0.15) is 0 Å². The Balaban J connectivity index is 2.51. The lowest BCUT2D eigenvalue weighted by atomic mass is 10.0. The van der Waals surface area contributed by atoms with Crippen LogP contribution in [0.5, 0.6) is 17.2 Å². The Hall–Kier alpha value is -3.08. The summed E-state index contributed by atoms with van der Waals surface area (Å²) in [7, 11) is 1.31. The number of phenolic OH excluding ortho intramolecular Hbond substituents is 2. The van der Waals surface area contributed by atoms with E-state index in [1.165, 1.54) is 26.2 Å². The molecule has 0 bridgehead atoms. The normalized spacial score (nSPS) is 10.7. The molecule has 0 atom stereocenters. The third-order valence-corrected chi connectivity index (χ3v) is 3.49. The van der Waals surface area contributed by atoms with Crippen molar-refractivity contribution in [2.45, 2.75) is 6.92 Å². The minimum Gasteiger partial charge on any atom is -0.507 e. The molecule has 0 fully saturated rings. The fourth-order valence-corrected chi connectivity index (χ4v) is 2.22. The number of benzene rings is 2. The molecule has 0 unspecified atom stereocenters. The van der Waals surface area contributed by atoms with Gasteiger partial charge >= 0.3 is 0 Å². The van der Waals surface area contributed by atoms with E-state index in [1.54, 1.807) is 30.3 Å². The highest BCUT2D eigenvalue weighted by molar-refractivity contribution is 6.07. The number of allylic oxidation sites excluding steroid dienone is 1. The van der Waals surface area contributed by atoms with Crippen molar-refractivity contribution >= 4 is 18.1 Å². The number of ketones is 1. The minimum absolute atomic E-state index is 0.0118. The van der Waals surface area contributed by atoms with Gasteiger partial charge in [0.25, 0.3) is 0 Å². The Morgan fingerprint density at radius 3 is 2.26 bits per heavy atom. The first kappa shape index (κ1) is 16.3. The predicted octanol–water partition coefficient (Wildman–Crippen LogP) is 3.12. The molecule has 2 N–H and O–H groups in total. The van der Waals surface area contributed by atoms with Crippen molar-refractivity contribution in [2.75, 3.05) is 7.11 Å². The zero-order valence-electron chi connectivity index (χ0n) is 12.7. The first-order valence-corrected chi connectivity index (χ1v) is 6.86.